The van der Waals surface area contributed by atoms with Gasteiger partial charge in [0.15, 0.2) is 5.78 Å². The van der Waals surface area contributed by atoms with Crippen LogP contribution < -0.4 is 5.32 Å². The first-order chi connectivity index (χ1) is 12.5. The predicted molar refractivity (Wildman–Crippen MR) is 105 cm³/mol. The van der Waals surface area contributed by atoms with Crippen LogP contribution in [0.1, 0.15) is 39.9 Å². The van der Waals surface area contributed by atoms with Crippen LogP contribution in [0.2, 0.25) is 0 Å². The summed E-state index contributed by atoms with van der Waals surface area (Å²) < 4.78 is 0. The van der Waals surface area contributed by atoms with Crippen LogP contribution in [-0.2, 0) is 4.79 Å². The van der Waals surface area contributed by atoms with E-state index in [4.69, 9.17) is 0 Å². The molecular weight excluding hydrogens is 324 g/mol. The van der Waals surface area contributed by atoms with Gasteiger partial charge in [-0.1, -0.05) is 18.2 Å². The van der Waals surface area contributed by atoms with Crippen LogP contribution in [-0.4, -0.2) is 16.7 Å². The molecule has 3 aromatic rings. The Hall–Kier alpha value is -3.01. The van der Waals surface area contributed by atoms with Crippen molar-refractivity contribution < 1.29 is 9.59 Å². The van der Waals surface area contributed by atoms with Gasteiger partial charge >= 0.3 is 0 Å². The van der Waals surface area contributed by atoms with E-state index in [9.17, 15) is 9.59 Å². The van der Waals surface area contributed by atoms with Gasteiger partial charge < -0.3 is 5.32 Å². The summed E-state index contributed by atoms with van der Waals surface area (Å²) >= 11 is 0. The number of carbonyl (C=O) groups excluding carboxylic acids is 2. The van der Waals surface area contributed by atoms with Gasteiger partial charge in [0.2, 0.25) is 5.91 Å². The molecule has 4 heteroatoms. The van der Waals surface area contributed by atoms with Gasteiger partial charge in [-0.05, 0) is 61.7 Å². The number of amides is 1. The quantitative estimate of drug-likeness (QED) is 0.678. The standard InChI is InChI=1S/C22H22N2O2/c1-14-6-8-17(13-16(14)3)20(25)10-11-21(26)24-19-9-7-15(2)22-18(19)5-4-12-23-22/h4-9,12-13H,10-11H2,1-3H3,(H,24,26). The first-order valence-electron chi connectivity index (χ1n) is 8.70. The summed E-state index contributed by atoms with van der Waals surface area (Å²) in [4.78, 5) is 29.0. The van der Waals surface area contributed by atoms with E-state index in [0.29, 0.717) is 5.56 Å². The zero-order valence-corrected chi connectivity index (χ0v) is 15.3. The molecular formula is C22H22N2O2. The zero-order valence-electron chi connectivity index (χ0n) is 15.3. The van der Waals surface area contributed by atoms with Crippen molar-refractivity contribution in [2.75, 3.05) is 5.32 Å². The number of pyridine rings is 1. The Balaban J connectivity index is 1.67. The third kappa shape index (κ3) is 3.80. The highest BCUT2D eigenvalue weighted by molar-refractivity contribution is 6.04. The highest BCUT2D eigenvalue weighted by atomic mass is 16.2. The summed E-state index contributed by atoms with van der Waals surface area (Å²) in [5.74, 6) is -0.185. The number of aromatic nitrogens is 1. The molecule has 1 aromatic heterocycles. The molecule has 0 aliphatic carbocycles. The number of fused-ring (bicyclic) bond motifs is 1. The molecule has 0 saturated carbocycles. The third-order valence-corrected chi connectivity index (χ3v) is 4.65. The summed E-state index contributed by atoms with van der Waals surface area (Å²) in [5, 5.41) is 3.81. The number of hydrogen-bond acceptors (Lipinski definition) is 3. The number of nitrogens with zero attached hydrogens (tertiary/aromatic N) is 1. The summed E-state index contributed by atoms with van der Waals surface area (Å²) in [6, 6.07) is 13.2. The summed E-state index contributed by atoms with van der Waals surface area (Å²) in [7, 11) is 0. The van der Waals surface area contributed by atoms with Crippen molar-refractivity contribution >= 4 is 28.3 Å². The van der Waals surface area contributed by atoms with Gasteiger partial charge in [0.1, 0.15) is 0 Å². The zero-order chi connectivity index (χ0) is 18.7. The van der Waals surface area contributed by atoms with E-state index < -0.39 is 0 Å². The lowest BCUT2D eigenvalue weighted by Gasteiger charge is -2.10. The molecule has 0 fully saturated rings. The van der Waals surface area contributed by atoms with Crippen LogP contribution >= 0.6 is 0 Å². The topological polar surface area (TPSA) is 59.1 Å². The molecule has 132 valence electrons. The van der Waals surface area contributed by atoms with Crippen LogP contribution in [0.5, 0.6) is 0 Å². The van der Waals surface area contributed by atoms with E-state index >= 15 is 0 Å². The second-order valence-electron chi connectivity index (χ2n) is 6.60. The average molecular weight is 346 g/mol. The SMILES string of the molecule is Cc1ccc(C(=O)CCC(=O)Nc2ccc(C)c3ncccc23)cc1C. The van der Waals surface area contributed by atoms with Crippen LogP contribution in [0, 0.1) is 20.8 Å². The Morgan fingerprint density at radius 3 is 2.46 bits per heavy atom. The minimum atomic E-state index is -0.170. The summed E-state index contributed by atoms with van der Waals surface area (Å²) in [6.07, 6.45) is 2.08. The fourth-order valence-corrected chi connectivity index (χ4v) is 2.92. The van der Waals surface area contributed by atoms with Gasteiger partial charge in [0, 0.05) is 30.0 Å². The molecule has 0 saturated heterocycles. The smallest absolute Gasteiger partial charge is 0.224 e. The first kappa shape index (κ1) is 17.8. The number of benzene rings is 2. The number of carbonyl (C=O) groups is 2. The van der Waals surface area contributed by atoms with Gasteiger partial charge in [0.25, 0.3) is 0 Å². The minimum Gasteiger partial charge on any atom is -0.325 e. The average Bonchev–Trinajstić information content (AvgIpc) is 2.64. The molecule has 1 heterocycles. The van der Waals surface area contributed by atoms with Gasteiger partial charge in [-0.15, -0.1) is 0 Å². The highest BCUT2D eigenvalue weighted by Gasteiger charge is 2.12. The van der Waals surface area contributed by atoms with Gasteiger partial charge in [-0.25, -0.2) is 0 Å². The molecule has 0 bridgehead atoms. The van der Waals surface area contributed by atoms with Crippen molar-refractivity contribution in [1.29, 1.82) is 0 Å². The Labute approximate surface area is 153 Å². The molecule has 1 amide bonds. The molecule has 0 atom stereocenters. The largest absolute Gasteiger partial charge is 0.325 e. The normalized spacial score (nSPS) is 10.7. The van der Waals surface area contributed by atoms with Crippen LogP contribution in [0.15, 0.2) is 48.7 Å². The Morgan fingerprint density at radius 2 is 1.69 bits per heavy atom. The lowest BCUT2D eigenvalue weighted by Crippen LogP contribution is -2.14. The molecule has 0 aliphatic rings. The van der Waals surface area contributed by atoms with E-state index in [1.54, 1.807) is 6.20 Å². The maximum absolute atomic E-state index is 12.3. The van der Waals surface area contributed by atoms with Gasteiger partial charge in [0.05, 0.1) is 11.2 Å². The van der Waals surface area contributed by atoms with E-state index in [1.807, 2.05) is 63.2 Å². The van der Waals surface area contributed by atoms with Crippen molar-refractivity contribution in [3.63, 3.8) is 0 Å². The van der Waals surface area contributed by atoms with Crippen molar-refractivity contribution in [3.8, 4) is 0 Å². The number of ketones is 1. The molecule has 0 unspecified atom stereocenters. The Morgan fingerprint density at radius 1 is 0.923 bits per heavy atom. The molecule has 26 heavy (non-hydrogen) atoms. The minimum absolute atomic E-state index is 0.0151. The second kappa shape index (κ2) is 7.48. The van der Waals surface area contributed by atoms with Crippen molar-refractivity contribution in [3.05, 3.63) is 70.9 Å². The van der Waals surface area contributed by atoms with E-state index in [1.165, 1.54) is 0 Å². The number of hydrogen-bond donors (Lipinski definition) is 1. The van der Waals surface area contributed by atoms with E-state index in [0.717, 1.165) is 33.3 Å². The summed E-state index contributed by atoms with van der Waals surface area (Å²) in [5.41, 5.74) is 5.55. The van der Waals surface area contributed by atoms with Crippen molar-refractivity contribution in [1.82, 2.24) is 4.98 Å². The van der Waals surface area contributed by atoms with Crippen LogP contribution in [0.4, 0.5) is 5.69 Å². The molecule has 4 nitrogen and oxygen atoms in total. The van der Waals surface area contributed by atoms with Crippen molar-refractivity contribution in [2.24, 2.45) is 0 Å². The monoisotopic (exact) mass is 346 g/mol. The fourth-order valence-electron chi connectivity index (χ4n) is 2.92. The predicted octanol–water partition coefficient (Wildman–Crippen LogP) is 4.76. The fraction of sp³-hybridized carbons (Fsp3) is 0.227. The molecule has 0 radical (unpaired) electrons. The number of Topliss-reactive ketones (excluding diaryl/α,β-unsaturated/α-hetero) is 1. The Kier molecular flexibility index (Phi) is 5.12. The van der Waals surface area contributed by atoms with E-state index in [2.05, 4.69) is 10.3 Å². The number of rotatable bonds is 5. The van der Waals surface area contributed by atoms with Crippen molar-refractivity contribution in [2.45, 2.75) is 33.6 Å². The molecule has 1 N–H and O–H groups in total. The molecule has 3 rings (SSSR count). The summed E-state index contributed by atoms with van der Waals surface area (Å²) in [6.45, 7) is 5.98. The van der Waals surface area contributed by atoms with Gasteiger partial charge in [-0.3, -0.25) is 14.6 Å². The van der Waals surface area contributed by atoms with E-state index in [-0.39, 0.29) is 24.5 Å². The highest BCUT2D eigenvalue weighted by Crippen LogP contribution is 2.24. The van der Waals surface area contributed by atoms with Crippen LogP contribution in [0.25, 0.3) is 10.9 Å². The third-order valence-electron chi connectivity index (χ3n) is 4.65. The molecule has 0 aliphatic heterocycles. The number of nitrogens with one attached hydrogen (secondary N) is 1. The first-order valence-corrected chi connectivity index (χ1v) is 8.70. The second-order valence-corrected chi connectivity index (χ2v) is 6.60. The Bertz CT molecular complexity index is 993. The van der Waals surface area contributed by atoms with Crippen LogP contribution in [0.3, 0.4) is 0 Å². The maximum atomic E-state index is 12.3. The number of anilines is 1. The maximum Gasteiger partial charge on any atom is 0.224 e. The van der Waals surface area contributed by atoms with Gasteiger partial charge in [-0.2, -0.15) is 0 Å². The number of aryl methyl sites for hydroxylation is 3. The molecule has 2 aromatic carbocycles. The lowest BCUT2D eigenvalue weighted by molar-refractivity contribution is -0.116. The lowest BCUT2D eigenvalue weighted by atomic mass is 10.0. The molecule has 0 spiro atoms.